The van der Waals surface area contributed by atoms with Crippen LogP contribution in [0.1, 0.15) is 32.6 Å². The molecule has 0 aromatic carbocycles. The largest absolute Gasteiger partial charge is 0.422 e. The van der Waals surface area contributed by atoms with Gasteiger partial charge in [-0.3, -0.25) is 0 Å². The van der Waals surface area contributed by atoms with Gasteiger partial charge in [0, 0.05) is 6.92 Å². The first-order valence-corrected chi connectivity index (χ1v) is 6.81. The van der Waals surface area contributed by atoms with Crippen LogP contribution < -0.4 is 0 Å². The Balaban J connectivity index is 1.91. The number of rotatable bonds is 6. The van der Waals surface area contributed by atoms with E-state index in [1.54, 1.807) is 0 Å². The molecule has 4 unspecified atom stereocenters. The van der Waals surface area contributed by atoms with Crippen LogP contribution in [0.4, 0.5) is 13.2 Å². The fourth-order valence-corrected chi connectivity index (χ4v) is 3.23. The van der Waals surface area contributed by atoms with E-state index >= 15 is 0 Å². The van der Waals surface area contributed by atoms with Gasteiger partial charge >= 0.3 is 12.4 Å². The van der Waals surface area contributed by atoms with Gasteiger partial charge in [-0.2, -0.15) is 4.39 Å². The molecule has 0 heterocycles. The number of carbonyl (C=O) groups is 1. The van der Waals surface area contributed by atoms with E-state index in [2.05, 4.69) is 11.3 Å². The monoisotopic (exact) mass is 292 g/mol. The molecule has 0 amide bonds. The molecular weight excluding hydrogens is 273 g/mol. The Morgan fingerprint density at radius 1 is 1.40 bits per heavy atom. The molecule has 6 heteroatoms. The van der Waals surface area contributed by atoms with Crippen molar-refractivity contribution in [1.82, 2.24) is 0 Å². The maximum Gasteiger partial charge on any atom is 0.369 e. The van der Waals surface area contributed by atoms with Crippen molar-refractivity contribution in [2.45, 2.75) is 44.8 Å². The molecule has 3 nitrogen and oxygen atoms in total. The highest BCUT2D eigenvalue weighted by Crippen LogP contribution is 2.48. The summed E-state index contributed by atoms with van der Waals surface area (Å²) in [6.07, 6.45) is 1.34. The Morgan fingerprint density at radius 2 is 2.10 bits per heavy atom. The maximum absolute atomic E-state index is 13.0. The van der Waals surface area contributed by atoms with E-state index in [4.69, 9.17) is 4.74 Å². The highest BCUT2D eigenvalue weighted by molar-refractivity contribution is 5.85. The van der Waals surface area contributed by atoms with Crippen LogP contribution in [0.2, 0.25) is 0 Å². The van der Waals surface area contributed by atoms with E-state index in [1.165, 1.54) is 6.42 Å². The third-order valence-corrected chi connectivity index (χ3v) is 4.38. The van der Waals surface area contributed by atoms with Gasteiger partial charge in [-0.05, 0) is 37.0 Å². The molecule has 0 aromatic rings. The van der Waals surface area contributed by atoms with Crippen molar-refractivity contribution in [3.63, 3.8) is 0 Å². The van der Waals surface area contributed by atoms with Crippen molar-refractivity contribution in [1.29, 1.82) is 0 Å². The minimum absolute atomic E-state index is 0.105. The summed E-state index contributed by atoms with van der Waals surface area (Å²) in [6.45, 7) is 3.78. The van der Waals surface area contributed by atoms with Gasteiger partial charge < -0.3 is 9.47 Å². The van der Waals surface area contributed by atoms with E-state index in [0.717, 1.165) is 26.2 Å². The molecule has 20 heavy (non-hydrogen) atoms. The summed E-state index contributed by atoms with van der Waals surface area (Å²) >= 11 is 0. The molecule has 0 radical (unpaired) electrons. The van der Waals surface area contributed by atoms with Gasteiger partial charge in [0.2, 0.25) is 5.83 Å². The van der Waals surface area contributed by atoms with Gasteiger partial charge in [0.25, 0.3) is 5.79 Å². The number of hydrogen-bond acceptors (Lipinski definition) is 3. The second-order valence-electron chi connectivity index (χ2n) is 5.86. The molecular formula is C14H19F3O3. The first-order valence-electron chi connectivity index (χ1n) is 6.81. The van der Waals surface area contributed by atoms with Crippen LogP contribution in [0.15, 0.2) is 12.4 Å². The van der Waals surface area contributed by atoms with Gasteiger partial charge in [-0.1, -0.05) is 13.0 Å². The summed E-state index contributed by atoms with van der Waals surface area (Å²) in [6, 6.07) is 0. The van der Waals surface area contributed by atoms with E-state index in [1.807, 2.05) is 0 Å². The third kappa shape index (κ3) is 3.16. The molecule has 0 saturated heterocycles. The number of halogens is 3. The van der Waals surface area contributed by atoms with E-state index in [-0.39, 0.29) is 12.5 Å². The van der Waals surface area contributed by atoms with E-state index in [9.17, 15) is 18.0 Å². The Labute approximate surface area is 116 Å². The zero-order valence-electron chi connectivity index (χ0n) is 11.4. The molecule has 2 rings (SSSR count). The number of carbonyl (C=O) groups excluding carboxylic acids is 1. The maximum atomic E-state index is 13.0. The van der Waals surface area contributed by atoms with Crippen LogP contribution in [0.3, 0.4) is 0 Å². The molecule has 0 aliphatic heterocycles. The smallest absolute Gasteiger partial charge is 0.369 e. The molecule has 2 aliphatic rings. The summed E-state index contributed by atoms with van der Waals surface area (Å²) in [5, 5.41) is 0. The quantitative estimate of drug-likeness (QED) is 0.427. The number of ether oxygens (including phenoxy) is 2. The average molecular weight is 292 g/mol. The van der Waals surface area contributed by atoms with Gasteiger partial charge in [0.1, 0.15) is 0 Å². The van der Waals surface area contributed by atoms with Crippen molar-refractivity contribution in [2.24, 2.45) is 17.8 Å². The van der Waals surface area contributed by atoms with Gasteiger partial charge in [0.05, 0.1) is 6.61 Å². The molecule has 2 bridgehead atoms. The third-order valence-electron chi connectivity index (χ3n) is 4.38. The average Bonchev–Trinajstić information content (AvgIpc) is 2.98. The lowest BCUT2D eigenvalue weighted by atomic mass is 9.89. The van der Waals surface area contributed by atoms with Crippen LogP contribution in [0, 0.1) is 17.8 Å². The van der Waals surface area contributed by atoms with Crippen molar-refractivity contribution in [3.05, 3.63) is 12.4 Å². The summed E-state index contributed by atoms with van der Waals surface area (Å²) < 4.78 is 48.2. The molecule has 4 atom stereocenters. The Morgan fingerprint density at radius 3 is 2.55 bits per heavy atom. The summed E-state index contributed by atoms with van der Waals surface area (Å²) in [7, 11) is 0. The molecule has 0 spiro atoms. The predicted octanol–water partition coefficient (Wildman–Crippen LogP) is 3.45. The van der Waals surface area contributed by atoms with Crippen molar-refractivity contribution in [3.8, 4) is 0 Å². The lowest BCUT2D eigenvalue weighted by Crippen LogP contribution is -2.43. The Bertz CT molecular complexity index is 399. The lowest BCUT2D eigenvalue weighted by Gasteiger charge is -2.31. The van der Waals surface area contributed by atoms with Gasteiger partial charge in [-0.15, -0.1) is 0 Å². The highest BCUT2D eigenvalue weighted by Gasteiger charge is 2.45. The molecule has 114 valence electrons. The first-order chi connectivity index (χ1) is 9.32. The van der Waals surface area contributed by atoms with Crippen LogP contribution >= 0.6 is 0 Å². The molecule has 2 aliphatic carbocycles. The fourth-order valence-electron chi connectivity index (χ4n) is 3.23. The fraction of sp³-hybridized carbons (Fsp3) is 0.786. The van der Waals surface area contributed by atoms with E-state index in [0.29, 0.717) is 11.8 Å². The minimum Gasteiger partial charge on any atom is -0.422 e. The molecule has 2 saturated carbocycles. The van der Waals surface area contributed by atoms with Gasteiger partial charge in [-0.25, -0.2) is 13.6 Å². The second-order valence-corrected chi connectivity index (χ2v) is 5.86. The Kier molecular flexibility index (Phi) is 4.42. The topological polar surface area (TPSA) is 35.5 Å². The highest BCUT2D eigenvalue weighted by atomic mass is 19.3. The van der Waals surface area contributed by atoms with Crippen LogP contribution in [0.25, 0.3) is 0 Å². The summed E-state index contributed by atoms with van der Waals surface area (Å²) in [5.41, 5.74) is 0. The standard InChI is InChI=1S/C14H19F3O3/c1-8(15)12(18)20-14(2,13(16)17)19-7-11-6-9-3-4-10(11)5-9/h9-11,13H,1,3-7H2,2H3. The van der Waals surface area contributed by atoms with Crippen LogP contribution in [0.5, 0.6) is 0 Å². The van der Waals surface area contributed by atoms with Crippen LogP contribution in [-0.4, -0.2) is 24.8 Å². The number of fused-ring (bicyclic) bond motifs is 2. The van der Waals surface area contributed by atoms with Crippen molar-refractivity contribution in [2.75, 3.05) is 6.61 Å². The predicted molar refractivity (Wildman–Crippen MR) is 65.6 cm³/mol. The molecule has 0 aromatic heterocycles. The van der Waals surface area contributed by atoms with Crippen molar-refractivity contribution >= 4 is 5.97 Å². The SMILES string of the molecule is C=C(F)C(=O)OC(C)(OCC1CC2CCC1C2)C(F)F. The molecule has 0 N–H and O–H groups in total. The molecule has 2 fully saturated rings. The van der Waals surface area contributed by atoms with Crippen molar-refractivity contribution < 1.29 is 27.4 Å². The number of esters is 1. The summed E-state index contributed by atoms with van der Waals surface area (Å²) in [5.74, 6) is -3.96. The number of alkyl halides is 2. The zero-order valence-corrected chi connectivity index (χ0v) is 11.4. The Hall–Kier alpha value is -1.04. The van der Waals surface area contributed by atoms with E-state index < -0.39 is 24.0 Å². The van der Waals surface area contributed by atoms with Crippen LogP contribution in [-0.2, 0) is 14.3 Å². The summed E-state index contributed by atoms with van der Waals surface area (Å²) in [4.78, 5) is 11.1. The second kappa shape index (κ2) is 5.76. The minimum atomic E-state index is -3.05. The normalized spacial score (nSPS) is 31.4. The zero-order chi connectivity index (χ0) is 14.9. The first kappa shape index (κ1) is 15.4. The number of hydrogen-bond donors (Lipinski definition) is 0. The lowest BCUT2D eigenvalue weighted by molar-refractivity contribution is -0.275. The van der Waals surface area contributed by atoms with Gasteiger partial charge in [0.15, 0.2) is 0 Å².